The number of nitrogens with one attached hydrogen (secondary N) is 2. The minimum absolute atomic E-state index is 0.0414. The molecule has 0 aliphatic carbocycles. The van der Waals surface area contributed by atoms with Crippen LogP contribution in [0.3, 0.4) is 0 Å². The molecule has 0 radical (unpaired) electrons. The monoisotopic (exact) mass is 515 g/mol. The van der Waals surface area contributed by atoms with Gasteiger partial charge in [-0.05, 0) is 47.6 Å². The average molecular weight is 516 g/mol. The van der Waals surface area contributed by atoms with Gasteiger partial charge in [-0.1, -0.05) is 18.2 Å². The molecule has 204 valence electrons. The number of carbonyl (C=O) groups is 3. The van der Waals surface area contributed by atoms with Gasteiger partial charge in [0.25, 0.3) is 0 Å². The van der Waals surface area contributed by atoms with Gasteiger partial charge in [0.2, 0.25) is 0 Å². The van der Waals surface area contributed by atoms with Crippen LogP contribution in [0, 0.1) is 0 Å². The summed E-state index contributed by atoms with van der Waals surface area (Å²) in [7, 11) is 1.56. The van der Waals surface area contributed by atoms with Crippen LogP contribution in [-0.4, -0.2) is 90.8 Å². The Morgan fingerprint density at radius 3 is 2.46 bits per heavy atom. The van der Waals surface area contributed by atoms with Crippen molar-refractivity contribution in [1.82, 2.24) is 25.3 Å². The van der Waals surface area contributed by atoms with Gasteiger partial charge in [0.1, 0.15) is 5.75 Å². The van der Waals surface area contributed by atoms with E-state index in [-0.39, 0.29) is 30.2 Å². The third-order valence-corrected chi connectivity index (χ3v) is 6.53. The molecule has 2 atom stereocenters. The average Bonchev–Trinajstić information content (AvgIpc) is 2.82. The van der Waals surface area contributed by atoms with Crippen molar-refractivity contribution in [2.24, 2.45) is 0 Å². The van der Waals surface area contributed by atoms with Crippen molar-refractivity contribution < 1.29 is 23.9 Å². The van der Waals surface area contributed by atoms with Crippen LogP contribution in [0.1, 0.15) is 53.1 Å². The molecule has 1 saturated heterocycles. The van der Waals surface area contributed by atoms with Crippen molar-refractivity contribution in [2.45, 2.75) is 59.2 Å². The number of amides is 4. The summed E-state index contributed by atoms with van der Waals surface area (Å²) in [5.74, 6) is 0.106. The number of rotatable bonds is 7. The number of urea groups is 2. The van der Waals surface area contributed by atoms with Gasteiger partial charge in [-0.3, -0.25) is 9.80 Å². The largest absolute Gasteiger partial charge is 0.496 e. The van der Waals surface area contributed by atoms with Gasteiger partial charge in [-0.2, -0.15) is 0 Å². The Kier molecular flexibility index (Phi) is 9.07. The minimum Gasteiger partial charge on any atom is -0.496 e. The van der Waals surface area contributed by atoms with E-state index in [1.165, 1.54) is 0 Å². The molecular formula is C27H41N5O5. The van der Waals surface area contributed by atoms with Crippen molar-refractivity contribution >= 4 is 18.0 Å². The normalized spacial score (nSPS) is 21.0. The maximum atomic E-state index is 13.4. The van der Waals surface area contributed by atoms with Gasteiger partial charge in [0, 0.05) is 55.6 Å². The molecule has 2 heterocycles. The Hall–Kier alpha value is -3.27. The molecule has 1 fully saturated rings. The van der Waals surface area contributed by atoms with E-state index in [1.807, 2.05) is 57.7 Å². The molecule has 10 nitrogen and oxygen atoms in total. The number of para-hydroxylation sites is 1. The zero-order valence-corrected chi connectivity index (χ0v) is 23.1. The lowest BCUT2D eigenvalue weighted by atomic mass is 9.93. The van der Waals surface area contributed by atoms with E-state index in [0.717, 1.165) is 0 Å². The van der Waals surface area contributed by atoms with Crippen LogP contribution >= 0.6 is 0 Å². The quantitative estimate of drug-likeness (QED) is 0.541. The Morgan fingerprint density at radius 2 is 1.86 bits per heavy atom. The number of piperazine rings is 1. The van der Waals surface area contributed by atoms with Gasteiger partial charge in [-0.15, -0.1) is 0 Å². The molecule has 10 heteroatoms. The standard InChI is InChI=1S/C27H41N5O5/c1-8-31-20(17-30-14-15-32(18(3)16-30)26(35)29-27(4,5)6)22(24(33)37-9-2)23(28-25(31)34)19-12-10-11-13-21(19)36-7/h10-13,18,23H,8-9,14-17H2,1-7H3,(H,28,34)(H,29,35)/t18-,23-/m0/s1. The number of likely N-dealkylation sites (N-methyl/N-ethyl adjacent to an activating group) is 1. The molecule has 0 unspecified atom stereocenters. The van der Waals surface area contributed by atoms with Crippen LogP contribution in [-0.2, 0) is 9.53 Å². The number of carbonyl (C=O) groups excluding carboxylic acids is 3. The lowest BCUT2D eigenvalue weighted by Gasteiger charge is -2.43. The first-order valence-electron chi connectivity index (χ1n) is 12.9. The summed E-state index contributed by atoms with van der Waals surface area (Å²) in [5, 5.41) is 6.02. The predicted octanol–water partition coefficient (Wildman–Crippen LogP) is 3.11. The number of ether oxygens (including phenoxy) is 2. The molecule has 2 aliphatic heterocycles. The Balaban J connectivity index is 1.96. The van der Waals surface area contributed by atoms with Crippen molar-refractivity contribution in [3.05, 3.63) is 41.1 Å². The number of methoxy groups -OCH3 is 1. The highest BCUT2D eigenvalue weighted by molar-refractivity contribution is 5.95. The highest BCUT2D eigenvalue weighted by Gasteiger charge is 2.40. The number of nitrogens with zero attached hydrogens (tertiary/aromatic N) is 3. The molecule has 0 saturated carbocycles. The summed E-state index contributed by atoms with van der Waals surface area (Å²) < 4.78 is 11.0. The molecule has 37 heavy (non-hydrogen) atoms. The van der Waals surface area contributed by atoms with Crippen molar-refractivity contribution in [2.75, 3.05) is 46.4 Å². The van der Waals surface area contributed by atoms with E-state index in [9.17, 15) is 14.4 Å². The lowest BCUT2D eigenvalue weighted by Crippen LogP contribution is -2.59. The molecule has 0 spiro atoms. The number of esters is 1. The fourth-order valence-electron chi connectivity index (χ4n) is 4.88. The second-order valence-electron chi connectivity index (χ2n) is 10.4. The highest BCUT2D eigenvalue weighted by Crippen LogP contribution is 2.36. The van der Waals surface area contributed by atoms with Crippen LogP contribution in [0.25, 0.3) is 0 Å². The predicted molar refractivity (Wildman–Crippen MR) is 141 cm³/mol. The highest BCUT2D eigenvalue weighted by atomic mass is 16.5. The molecule has 0 bridgehead atoms. The molecule has 3 rings (SSSR count). The first kappa shape index (κ1) is 28.3. The number of benzene rings is 1. The zero-order valence-electron chi connectivity index (χ0n) is 23.1. The molecule has 2 N–H and O–H groups in total. The minimum atomic E-state index is -0.711. The second-order valence-corrected chi connectivity index (χ2v) is 10.4. The maximum Gasteiger partial charge on any atom is 0.338 e. The summed E-state index contributed by atoms with van der Waals surface area (Å²) in [6.07, 6.45) is 0. The number of hydrogen-bond acceptors (Lipinski definition) is 6. The summed E-state index contributed by atoms with van der Waals surface area (Å²) in [5.41, 5.74) is 1.37. The van der Waals surface area contributed by atoms with Crippen LogP contribution in [0.2, 0.25) is 0 Å². The maximum absolute atomic E-state index is 13.4. The van der Waals surface area contributed by atoms with Crippen LogP contribution in [0.4, 0.5) is 9.59 Å². The first-order valence-corrected chi connectivity index (χ1v) is 12.9. The van der Waals surface area contributed by atoms with Gasteiger partial charge in [0.15, 0.2) is 0 Å². The summed E-state index contributed by atoms with van der Waals surface area (Å²) in [4.78, 5) is 45.0. The van der Waals surface area contributed by atoms with E-state index >= 15 is 0 Å². The van der Waals surface area contributed by atoms with Gasteiger partial charge >= 0.3 is 18.0 Å². The molecule has 1 aromatic rings. The molecule has 1 aromatic carbocycles. The smallest absolute Gasteiger partial charge is 0.338 e. The van der Waals surface area contributed by atoms with Crippen LogP contribution in [0.5, 0.6) is 5.75 Å². The summed E-state index contributed by atoms with van der Waals surface area (Å²) in [6, 6.07) is 6.22. The third kappa shape index (κ3) is 6.54. The van der Waals surface area contributed by atoms with E-state index in [0.29, 0.717) is 55.3 Å². The van der Waals surface area contributed by atoms with Crippen molar-refractivity contribution in [3.8, 4) is 5.75 Å². The first-order chi connectivity index (χ1) is 17.5. The van der Waals surface area contributed by atoms with Crippen molar-refractivity contribution in [1.29, 1.82) is 0 Å². The van der Waals surface area contributed by atoms with Gasteiger partial charge in [0.05, 0.1) is 25.3 Å². The Morgan fingerprint density at radius 1 is 1.16 bits per heavy atom. The van der Waals surface area contributed by atoms with Gasteiger partial charge < -0.3 is 25.0 Å². The van der Waals surface area contributed by atoms with Crippen LogP contribution in [0.15, 0.2) is 35.5 Å². The van der Waals surface area contributed by atoms with E-state index in [2.05, 4.69) is 15.5 Å². The van der Waals surface area contributed by atoms with E-state index in [4.69, 9.17) is 9.47 Å². The third-order valence-electron chi connectivity index (χ3n) is 6.53. The zero-order chi connectivity index (χ0) is 27.3. The van der Waals surface area contributed by atoms with Gasteiger partial charge in [-0.25, -0.2) is 14.4 Å². The van der Waals surface area contributed by atoms with Crippen LogP contribution < -0.4 is 15.4 Å². The molecule has 4 amide bonds. The SMILES string of the molecule is CCOC(=O)C1=C(CN2CCN(C(=O)NC(C)(C)C)[C@@H](C)C2)N(CC)C(=O)N[C@H]1c1ccccc1OC. The Labute approximate surface area is 219 Å². The topological polar surface area (TPSA) is 103 Å². The fraction of sp³-hybridized carbons (Fsp3) is 0.593. The fourth-order valence-corrected chi connectivity index (χ4v) is 4.88. The van der Waals surface area contributed by atoms with E-state index in [1.54, 1.807) is 25.0 Å². The number of hydrogen-bond donors (Lipinski definition) is 2. The molecular weight excluding hydrogens is 474 g/mol. The summed E-state index contributed by atoms with van der Waals surface area (Å²) >= 11 is 0. The summed E-state index contributed by atoms with van der Waals surface area (Å²) in [6.45, 7) is 14.3. The molecule has 0 aromatic heterocycles. The molecule has 2 aliphatic rings. The second kappa shape index (κ2) is 11.9. The van der Waals surface area contributed by atoms with Crippen molar-refractivity contribution in [3.63, 3.8) is 0 Å². The van der Waals surface area contributed by atoms with E-state index < -0.39 is 12.0 Å². The lowest BCUT2D eigenvalue weighted by molar-refractivity contribution is -0.139. The Bertz CT molecular complexity index is 1030.